The minimum absolute atomic E-state index is 0.00482. The number of benzene rings is 1. The van der Waals surface area contributed by atoms with E-state index in [4.69, 9.17) is 16.0 Å². The molecule has 28 heavy (non-hydrogen) atoms. The number of fused-ring (bicyclic) bond motifs is 4. The van der Waals surface area contributed by atoms with Crippen molar-refractivity contribution in [2.24, 2.45) is 5.92 Å². The molecule has 0 saturated carbocycles. The largest absolute Gasteiger partial charge is 0.451 e. The third-order valence-corrected chi connectivity index (χ3v) is 5.91. The van der Waals surface area contributed by atoms with Crippen molar-refractivity contribution in [3.8, 4) is 11.3 Å². The van der Waals surface area contributed by atoms with Crippen LogP contribution in [-0.2, 0) is 0 Å². The fourth-order valence-electron chi connectivity index (χ4n) is 4.17. The topological polar surface area (TPSA) is 57.0 Å². The Morgan fingerprint density at radius 2 is 1.86 bits per heavy atom. The smallest absolute Gasteiger partial charge is 0.319 e. The summed E-state index contributed by atoms with van der Waals surface area (Å²) < 4.78 is 5.86. The molecule has 0 aliphatic carbocycles. The van der Waals surface area contributed by atoms with Crippen molar-refractivity contribution in [3.05, 3.63) is 47.2 Å². The number of hydrogen-bond donors (Lipinski definition) is 0. The lowest BCUT2D eigenvalue weighted by atomic mass is 9.95. The summed E-state index contributed by atoms with van der Waals surface area (Å²) in [4.78, 5) is 30.9. The van der Waals surface area contributed by atoms with Gasteiger partial charge in [-0.25, -0.2) is 4.79 Å². The molecule has 0 radical (unpaired) electrons. The van der Waals surface area contributed by atoms with E-state index in [0.717, 1.165) is 18.4 Å². The van der Waals surface area contributed by atoms with Crippen molar-refractivity contribution < 1.29 is 14.0 Å². The summed E-state index contributed by atoms with van der Waals surface area (Å²) in [5.74, 6) is 1.07. The first-order valence-electron chi connectivity index (χ1n) is 9.56. The summed E-state index contributed by atoms with van der Waals surface area (Å²) in [6.45, 7) is 1.92. The first-order chi connectivity index (χ1) is 13.4. The highest BCUT2D eigenvalue weighted by atomic mass is 35.5. The second kappa shape index (κ2) is 7.51. The minimum Gasteiger partial charge on any atom is -0.451 e. The highest BCUT2D eigenvalue weighted by Gasteiger charge is 2.39. The Bertz CT molecular complexity index is 895. The van der Waals surface area contributed by atoms with E-state index in [1.165, 1.54) is 0 Å². The summed E-state index contributed by atoms with van der Waals surface area (Å²) in [5, 5.41) is 0.586. The lowest BCUT2D eigenvalue weighted by molar-refractivity contribution is 0.0554. The molecular formula is C21H24ClN3O3. The second-order valence-corrected chi connectivity index (χ2v) is 8.19. The SMILES string of the molecule is CN(C)C(=O)N1C[C@@H]2CC[C@H](C1)N(C(=O)c1ccc(-c3ccccc3Cl)o1)C2. The number of carbonyl (C=O) groups is 2. The van der Waals surface area contributed by atoms with Gasteiger partial charge in [0.1, 0.15) is 5.76 Å². The van der Waals surface area contributed by atoms with Crippen molar-refractivity contribution in [1.82, 2.24) is 14.7 Å². The maximum atomic E-state index is 13.2. The van der Waals surface area contributed by atoms with Gasteiger partial charge in [-0.3, -0.25) is 4.79 Å². The van der Waals surface area contributed by atoms with Crippen molar-refractivity contribution >= 4 is 23.5 Å². The molecule has 3 saturated heterocycles. The maximum absolute atomic E-state index is 13.2. The van der Waals surface area contributed by atoms with Crippen LogP contribution in [0, 0.1) is 5.92 Å². The van der Waals surface area contributed by atoms with Crippen LogP contribution in [0.5, 0.6) is 0 Å². The number of nitrogens with zero attached hydrogens (tertiary/aromatic N) is 3. The molecule has 2 atom stereocenters. The number of piperidine rings is 1. The van der Waals surface area contributed by atoms with Crippen LogP contribution in [0.25, 0.3) is 11.3 Å². The Hall–Kier alpha value is -2.47. The van der Waals surface area contributed by atoms with Gasteiger partial charge in [0.15, 0.2) is 5.76 Å². The highest BCUT2D eigenvalue weighted by molar-refractivity contribution is 6.33. The average Bonchev–Trinajstić information content (AvgIpc) is 2.99. The molecule has 6 nitrogen and oxygen atoms in total. The lowest BCUT2D eigenvalue weighted by Crippen LogP contribution is -2.48. The molecule has 7 heteroatoms. The highest BCUT2D eigenvalue weighted by Crippen LogP contribution is 2.32. The zero-order valence-corrected chi connectivity index (χ0v) is 16.9. The van der Waals surface area contributed by atoms with Crippen LogP contribution in [0.15, 0.2) is 40.8 Å². The Morgan fingerprint density at radius 3 is 2.61 bits per heavy atom. The van der Waals surface area contributed by atoms with Crippen molar-refractivity contribution in [3.63, 3.8) is 0 Å². The zero-order valence-electron chi connectivity index (χ0n) is 16.1. The number of furan rings is 1. The molecule has 3 aliphatic heterocycles. The standard InChI is InChI=1S/C21H24ClN3O3/c1-23(2)21(27)24-11-14-7-8-15(13-24)25(12-14)20(26)19-10-9-18(28-19)16-5-3-4-6-17(16)22/h3-6,9-10,14-15H,7-8,11-13H2,1-2H3/t14-,15+/m0/s1. The van der Waals surface area contributed by atoms with E-state index in [-0.39, 0.29) is 18.0 Å². The van der Waals surface area contributed by atoms with Gasteiger partial charge in [0, 0.05) is 45.3 Å². The molecule has 3 fully saturated rings. The Balaban J connectivity index is 1.54. The Morgan fingerprint density at radius 1 is 1.07 bits per heavy atom. The van der Waals surface area contributed by atoms with Gasteiger partial charge in [0.05, 0.1) is 5.02 Å². The zero-order chi connectivity index (χ0) is 19.8. The number of amides is 3. The maximum Gasteiger partial charge on any atom is 0.319 e. The second-order valence-electron chi connectivity index (χ2n) is 7.78. The summed E-state index contributed by atoms with van der Waals surface area (Å²) in [7, 11) is 3.52. The monoisotopic (exact) mass is 401 g/mol. The molecule has 0 unspecified atom stereocenters. The van der Waals surface area contributed by atoms with Crippen LogP contribution in [0.1, 0.15) is 23.4 Å². The average molecular weight is 402 g/mol. The Kier molecular flexibility index (Phi) is 5.06. The predicted octanol–water partition coefficient (Wildman–Crippen LogP) is 3.82. The molecule has 4 heterocycles. The van der Waals surface area contributed by atoms with Gasteiger partial charge in [0.25, 0.3) is 5.91 Å². The van der Waals surface area contributed by atoms with E-state index in [1.54, 1.807) is 37.2 Å². The summed E-state index contributed by atoms with van der Waals surface area (Å²) in [6.07, 6.45) is 1.94. The summed E-state index contributed by atoms with van der Waals surface area (Å²) in [5.41, 5.74) is 0.767. The Labute approximate surface area is 169 Å². The number of rotatable bonds is 2. The van der Waals surface area contributed by atoms with Gasteiger partial charge >= 0.3 is 6.03 Å². The van der Waals surface area contributed by atoms with E-state index in [1.807, 2.05) is 28.0 Å². The summed E-state index contributed by atoms with van der Waals surface area (Å²) >= 11 is 6.24. The molecule has 0 N–H and O–H groups in total. The minimum atomic E-state index is -0.118. The van der Waals surface area contributed by atoms with Crippen molar-refractivity contribution in [2.75, 3.05) is 33.7 Å². The van der Waals surface area contributed by atoms with Gasteiger partial charge in [-0.05, 0) is 43.0 Å². The fourth-order valence-corrected chi connectivity index (χ4v) is 4.40. The third kappa shape index (κ3) is 3.49. The molecule has 3 aliphatic rings. The quantitative estimate of drug-likeness (QED) is 0.768. The normalized spacial score (nSPS) is 21.5. The van der Waals surface area contributed by atoms with Gasteiger partial charge < -0.3 is 19.1 Å². The van der Waals surface area contributed by atoms with Gasteiger partial charge in [-0.2, -0.15) is 0 Å². The number of urea groups is 1. The van der Waals surface area contributed by atoms with Crippen LogP contribution in [0.2, 0.25) is 5.02 Å². The fraction of sp³-hybridized carbons (Fsp3) is 0.429. The van der Waals surface area contributed by atoms with E-state index >= 15 is 0 Å². The first-order valence-corrected chi connectivity index (χ1v) is 9.93. The van der Waals surface area contributed by atoms with Crippen LogP contribution in [-0.4, -0.2) is 66.4 Å². The van der Waals surface area contributed by atoms with E-state index in [0.29, 0.717) is 42.1 Å². The summed E-state index contributed by atoms with van der Waals surface area (Å²) in [6, 6.07) is 10.9. The molecule has 5 rings (SSSR count). The van der Waals surface area contributed by atoms with E-state index in [2.05, 4.69) is 0 Å². The van der Waals surface area contributed by atoms with Crippen LogP contribution in [0.4, 0.5) is 4.79 Å². The van der Waals surface area contributed by atoms with Crippen LogP contribution in [0.3, 0.4) is 0 Å². The van der Waals surface area contributed by atoms with Gasteiger partial charge in [-0.1, -0.05) is 23.7 Å². The number of halogens is 1. The molecule has 1 aromatic heterocycles. The molecule has 3 amide bonds. The predicted molar refractivity (Wildman–Crippen MR) is 107 cm³/mol. The van der Waals surface area contributed by atoms with Gasteiger partial charge in [-0.15, -0.1) is 0 Å². The van der Waals surface area contributed by atoms with Gasteiger partial charge in [0.2, 0.25) is 0 Å². The number of hydrogen-bond acceptors (Lipinski definition) is 3. The van der Waals surface area contributed by atoms with Crippen molar-refractivity contribution in [1.29, 1.82) is 0 Å². The molecule has 2 bridgehead atoms. The molecule has 148 valence electrons. The molecule has 2 aromatic rings. The van der Waals surface area contributed by atoms with E-state index in [9.17, 15) is 9.59 Å². The third-order valence-electron chi connectivity index (χ3n) is 5.58. The van der Waals surface area contributed by atoms with Crippen LogP contribution >= 0.6 is 11.6 Å². The lowest BCUT2D eigenvalue weighted by Gasteiger charge is -2.35. The number of carbonyl (C=O) groups excluding carboxylic acids is 2. The molecule has 1 aromatic carbocycles. The molecular weight excluding hydrogens is 378 g/mol. The van der Waals surface area contributed by atoms with Crippen molar-refractivity contribution in [2.45, 2.75) is 18.9 Å². The molecule has 0 spiro atoms. The first kappa shape index (κ1) is 18.9. The van der Waals surface area contributed by atoms with Crippen LogP contribution < -0.4 is 0 Å². The van der Waals surface area contributed by atoms with E-state index < -0.39 is 0 Å².